The Morgan fingerprint density at radius 3 is 2.83 bits per heavy atom. The summed E-state index contributed by atoms with van der Waals surface area (Å²) in [4.78, 5) is 0. The molecule has 2 aromatic heterocycles. The molecule has 3 rings (SSSR count). The number of aromatic nitrogens is 4. The monoisotopic (exact) mass is 246 g/mol. The van der Waals surface area contributed by atoms with Crippen molar-refractivity contribution >= 4 is 0 Å². The Kier molecular flexibility index (Phi) is 2.70. The van der Waals surface area contributed by atoms with Crippen LogP contribution < -0.4 is 0 Å². The Bertz CT molecular complexity index is 553. The quantitative estimate of drug-likeness (QED) is 0.887. The van der Waals surface area contributed by atoms with E-state index in [2.05, 4.69) is 10.2 Å². The van der Waals surface area contributed by atoms with Gasteiger partial charge in [-0.25, -0.2) is 0 Å². The van der Waals surface area contributed by atoms with E-state index < -0.39 is 0 Å². The predicted molar refractivity (Wildman–Crippen MR) is 67.0 cm³/mol. The summed E-state index contributed by atoms with van der Waals surface area (Å²) in [5, 5.41) is 18.2. The predicted octanol–water partition coefficient (Wildman–Crippen LogP) is 1.42. The van der Waals surface area contributed by atoms with Gasteiger partial charge >= 0.3 is 0 Å². The molecule has 1 aliphatic rings. The Morgan fingerprint density at radius 1 is 1.44 bits per heavy atom. The first-order valence-electron chi connectivity index (χ1n) is 6.34. The second-order valence-corrected chi connectivity index (χ2v) is 5.12. The fraction of sp³-hybridized carbons (Fsp3) is 0.538. The van der Waals surface area contributed by atoms with Gasteiger partial charge in [0.2, 0.25) is 0 Å². The average Bonchev–Trinajstić information content (AvgIpc) is 3.04. The molecule has 0 aliphatic heterocycles. The molecule has 0 spiro atoms. The van der Waals surface area contributed by atoms with Crippen molar-refractivity contribution in [1.82, 2.24) is 19.3 Å². The zero-order chi connectivity index (χ0) is 12.7. The molecule has 1 unspecified atom stereocenters. The van der Waals surface area contributed by atoms with Crippen LogP contribution in [-0.2, 0) is 13.6 Å². The van der Waals surface area contributed by atoms with E-state index in [9.17, 15) is 5.11 Å². The number of rotatable bonds is 4. The van der Waals surface area contributed by atoms with Crippen molar-refractivity contribution in [3.05, 3.63) is 35.7 Å². The van der Waals surface area contributed by atoms with Crippen LogP contribution in [0.1, 0.15) is 36.2 Å². The van der Waals surface area contributed by atoms with E-state index in [4.69, 9.17) is 0 Å². The molecule has 1 atom stereocenters. The fourth-order valence-corrected chi connectivity index (χ4v) is 2.17. The van der Waals surface area contributed by atoms with Crippen molar-refractivity contribution in [3.8, 4) is 0 Å². The minimum atomic E-state index is -0.299. The van der Waals surface area contributed by atoms with Crippen LogP contribution in [0.5, 0.6) is 0 Å². The summed E-state index contributed by atoms with van der Waals surface area (Å²) in [6.07, 6.45) is 5.99. The number of aliphatic hydroxyl groups excluding tert-OH is 1. The van der Waals surface area contributed by atoms with Gasteiger partial charge in [0.1, 0.15) is 5.82 Å². The SMILES string of the molecule is Cc1nnc(Cn2ccc(C(O)C3CC3)c2)n1C. The first kappa shape index (κ1) is 11.5. The minimum Gasteiger partial charge on any atom is -0.388 e. The van der Waals surface area contributed by atoms with Gasteiger partial charge < -0.3 is 14.2 Å². The lowest BCUT2D eigenvalue weighted by Gasteiger charge is -2.06. The van der Waals surface area contributed by atoms with Crippen LogP contribution in [0.25, 0.3) is 0 Å². The van der Waals surface area contributed by atoms with Crippen LogP contribution >= 0.6 is 0 Å². The topological polar surface area (TPSA) is 55.9 Å². The molecule has 1 saturated carbocycles. The summed E-state index contributed by atoms with van der Waals surface area (Å²) < 4.78 is 4.03. The molecule has 5 heteroatoms. The van der Waals surface area contributed by atoms with Gasteiger partial charge in [-0.1, -0.05) is 0 Å². The van der Waals surface area contributed by atoms with Gasteiger partial charge in [-0.2, -0.15) is 0 Å². The summed E-state index contributed by atoms with van der Waals surface area (Å²) in [6.45, 7) is 2.63. The van der Waals surface area contributed by atoms with Gasteiger partial charge in [0.05, 0.1) is 12.6 Å². The van der Waals surface area contributed by atoms with Crippen LogP contribution in [-0.4, -0.2) is 24.4 Å². The molecule has 0 aromatic carbocycles. The van der Waals surface area contributed by atoms with Gasteiger partial charge in [0, 0.05) is 19.4 Å². The molecule has 0 amide bonds. The number of hydrogen-bond acceptors (Lipinski definition) is 3. The lowest BCUT2D eigenvalue weighted by atomic mass is 10.1. The normalized spacial score (nSPS) is 17.1. The number of nitrogens with zero attached hydrogens (tertiary/aromatic N) is 4. The van der Waals surface area contributed by atoms with Crippen molar-refractivity contribution in [2.45, 2.75) is 32.4 Å². The van der Waals surface area contributed by atoms with Gasteiger partial charge in [0.15, 0.2) is 5.82 Å². The van der Waals surface area contributed by atoms with Crippen LogP contribution in [0, 0.1) is 12.8 Å². The highest BCUT2D eigenvalue weighted by Crippen LogP contribution is 2.40. The molecule has 1 aliphatic carbocycles. The molecule has 0 bridgehead atoms. The van der Waals surface area contributed by atoms with E-state index in [0.29, 0.717) is 12.5 Å². The second kappa shape index (κ2) is 4.24. The van der Waals surface area contributed by atoms with Crippen molar-refractivity contribution in [1.29, 1.82) is 0 Å². The maximum absolute atomic E-state index is 10.1. The molecule has 0 radical (unpaired) electrons. The van der Waals surface area contributed by atoms with Crippen LogP contribution in [0.4, 0.5) is 0 Å². The summed E-state index contributed by atoms with van der Waals surface area (Å²) >= 11 is 0. The van der Waals surface area contributed by atoms with Crippen molar-refractivity contribution < 1.29 is 5.11 Å². The van der Waals surface area contributed by atoms with E-state index in [-0.39, 0.29) is 6.10 Å². The van der Waals surface area contributed by atoms with Gasteiger partial charge in [-0.3, -0.25) is 0 Å². The third kappa shape index (κ3) is 2.06. The smallest absolute Gasteiger partial charge is 0.152 e. The summed E-state index contributed by atoms with van der Waals surface area (Å²) in [7, 11) is 1.97. The number of hydrogen-bond donors (Lipinski definition) is 1. The molecule has 2 heterocycles. The zero-order valence-corrected chi connectivity index (χ0v) is 10.7. The maximum Gasteiger partial charge on any atom is 0.152 e. The minimum absolute atomic E-state index is 0.299. The average molecular weight is 246 g/mol. The van der Waals surface area contributed by atoms with Gasteiger partial charge in [-0.05, 0) is 37.3 Å². The van der Waals surface area contributed by atoms with E-state index in [1.165, 1.54) is 0 Å². The Morgan fingerprint density at radius 2 is 2.22 bits per heavy atom. The van der Waals surface area contributed by atoms with Crippen LogP contribution in [0.3, 0.4) is 0 Å². The fourth-order valence-electron chi connectivity index (χ4n) is 2.17. The Hall–Kier alpha value is -1.62. The molecule has 96 valence electrons. The first-order valence-corrected chi connectivity index (χ1v) is 6.34. The van der Waals surface area contributed by atoms with E-state index in [1.54, 1.807) is 0 Å². The van der Waals surface area contributed by atoms with Crippen molar-refractivity contribution in [3.63, 3.8) is 0 Å². The standard InChI is InChI=1S/C13H18N4O/c1-9-14-15-12(16(9)2)8-17-6-5-11(7-17)13(18)10-3-4-10/h5-7,10,13,18H,3-4,8H2,1-2H3. The molecule has 2 aromatic rings. The summed E-state index contributed by atoms with van der Waals surface area (Å²) in [5.74, 6) is 2.31. The Labute approximate surface area is 106 Å². The largest absolute Gasteiger partial charge is 0.388 e. The zero-order valence-electron chi connectivity index (χ0n) is 10.7. The van der Waals surface area contributed by atoms with Gasteiger partial charge in [0.25, 0.3) is 0 Å². The van der Waals surface area contributed by atoms with E-state index in [1.807, 2.05) is 41.6 Å². The first-order chi connectivity index (χ1) is 8.65. The highest BCUT2D eigenvalue weighted by Gasteiger charge is 2.31. The molecule has 18 heavy (non-hydrogen) atoms. The maximum atomic E-state index is 10.1. The van der Waals surface area contributed by atoms with Crippen LogP contribution in [0.15, 0.2) is 18.5 Å². The lowest BCUT2D eigenvalue weighted by molar-refractivity contribution is 0.154. The summed E-state index contributed by atoms with van der Waals surface area (Å²) in [6, 6.07) is 1.99. The highest BCUT2D eigenvalue weighted by atomic mass is 16.3. The number of aryl methyl sites for hydroxylation is 1. The second-order valence-electron chi connectivity index (χ2n) is 5.12. The van der Waals surface area contributed by atoms with Gasteiger partial charge in [-0.15, -0.1) is 10.2 Å². The Balaban J connectivity index is 1.75. The molecule has 1 fully saturated rings. The molecule has 0 saturated heterocycles. The third-order valence-corrected chi connectivity index (χ3v) is 3.69. The third-order valence-electron chi connectivity index (χ3n) is 3.69. The van der Waals surface area contributed by atoms with E-state index >= 15 is 0 Å². The van der Waals surface area contributed by atoms with Crippen LogP contribution in [0.2, 0.25) is 0 Å². The molecular formula is C13H18N4O. The number of aliphatic hydroxyl groups is 1. The summed E-state index contributed by atoms with van der Waals surface area (Å²) in [5.41, 5.74) is 1.01. The van der Waals surface area contributed by atoms with Crippen molar-refractivity contribution in [2.24, 2.45) is 13.0 Å². The molecular weight excluding hydrogens is 228 g/mol. The molecule has 5 nitrogen and oxygen atoms in total. The van der Waals surface area contributed by atoms with Crippen molar-refractivity contribution in [2.75, 3.05) is 0 Å². The highest BCUT2D eigenvalue weighted by molar-refractivity contribution is 5.16. The van der Waals surface area contributed by atoms with E-state index in [0.717, 1.165) is 30.1 Å². The molecule has 1 N–H and O–H groups in total. The lowest BCUT2D eigenvalue weighted by Crippen LogP contribution is -2.05.